The zero-order valence-corrected chi connectivity index (χ0v) is 16.1. The van der Waals surface area contributed by atoms with E-state index in [9.17, 15) is 24.2 Å². The van der Waals surface area contributed by atoms with Gasteiger partial charge in [0, 0.05) is 43.9 Å². The fourth-order valence-electron chi connectivity index (χ4n) is 3.40. The lowest BCUT2D eigenvalue weighted by Crippen LogP contribution is -2.23. The van der Waals surface area contributed by atoms with Crippen molar-refractivity contribution in [3.05, 3.63) is 12.2 Å². The minimum absolute atomic E-state index is 0.0150. The molecule has 0 heterocycles. The molecule has 0 aliphatic heterocycles. The lowest BCUT2D eigenvalue weighted by Gasteiger charge is -2.20. The molecule has 3 N–H and O–H groups in total. The highest BCUT2D eigenvalue weighted by molar-refractivity contribution is 5.78. The average molecular weight is 382 g/mol. The molecule has 0 aromatic rings. The van der Waals surface area contributed by atoms with Crippen LogP contribution in [0.3, 0.4) is 0 Å². The minimum atomic E-state index is -1.27. The van der Waals surface area contributed by atoms with E-state index < -0.39 is 36.2 Å². The number of hydrogen-bond acceptors (Lipinski definition) is 4. The summed E-state index contributed by atoms with van der Waals surface area (Å²) in [4.78, 5) is 22.6. The van der Waals surface area contributed by atoms with Crippen LogP contribution in [-0.4, -0.2) is 45.5 Å². The van der Waals surface area contributed by atoms with E-state index in [2.05, 4.69) is 11.8 Å². The molecule has 0 aromatic carbocycles. The molecule has 152 valence electrons. The molecule has 0 saturated heterocycles. The van der Waals surface area contributed by atoms with E-state index >= 15 is 0 Å². The van der Waals surface area contributed by atoms with Crippen molar-refractivity contribution >= 4 is 11.8 Å². The van der Waals surface area contributed by atoms with Gasteiger partial charge in [-0.15, -0.1) is 11.8 Å². The van der Waals surface area contributed by atoms with Crippen molar-refractivity contribution in [3.63, 3.8) is 0 Å². The topological polar surface area (TPSA) is 94.8 Å². The first-order valence-electron chi connectivity index (χ1n) is 9.57. The van der Waals surface area contributed by atoms with E-state index in [1.165, 1.54) is 0 Å². The Morgan fingerprint density at radius 3 is 2.59 bits per heavy atom. The summed E-state index contributed by atoms with van der Waals surface area (Å²) < 4.78 is 14.3. The second kappa shape index (κ2) is 11.9. The number of hydrogen-bond donors (Lipinski definition) is 3. The van der Waals surface area contributed by atoms with Gasteiger partial charge in [-0.2, -0.15) is 0 Å². The zero-order valence-electron chi connectivity index (χ0n) is 16.1. The van der Waals surface area contributed by atoms with E-state index in [1.54, 1.807) is 19.1 Å². The van der Waals surface area contributed by atoms with Gasteiger partial charge in [-0.05, 0) is 25.7 Å². The van der Waals surface area contributed by atoms with Gasteiger partial charge in [0.25, 0.3) is 0 Å². The normalized spacial score (nSPS) is 27.1. The maximum atomic E-state index is 14.3. The van der Waals surface area contributed by atoms with Crippen LogP contribution in [0.5, 0.6) is 0 Å². The van der Waals surface area contributed by atoms with Gasteiger partial charge in [-0.25, -0.2) is 4.39 Å². The predicted molar refractivity (Wildman–Crippen MR) is 101 cm³/mol. The number of rotatable bonds is 11. The molecular weight excluding hydrogens is 351 g/mol. The molecular formula is C21H31FO5. The molecule has 0 bridgehead atoms. The smallest absolute Gasteiger partial charge is 0.303 e. The molecule has 0 amide bonds. The third-order valence-corrected chi connectivity index (χ3v) is 5.14. The van der Waals surface area contributed by atoms with Crippen molar-refractivity contribution < 1.29 is 29.3 Å². The zero-order chi connectivity index (χ0) is 20.4. The highest BCUT2D eigenvalue weighted by Crippen LogP contribution is 2.38. The summed E-state index contributed by atoms with van der Waals surface area (Å²) in [6, 6.07) is 0. The molecule has 0 unspecified atom stereocenters. The standard InChI is InChI=1S/C21H31FO5/c1-3-4-7-14(2)19(24)11-10-16-17(18(22)13-20(16)25)12-15(23)8-5-6-9-21(26)27/h10-11,14,16-20,24-25H,5-9,12-13H2,1-2H3,(H,26,27)/t14-,16+,17+,18+,19+,20+/m0/s1. The van der Waals surface area contributed by atoms with E-state index in [0.717, 1.165) is 0 Å². The molecule has 0 radical (unpaired) electrons. The van der Waals surface area contributed by atoms with Crippen LogP contribution >= 0.6 is 0 Å². The summed E-state index contributed by atoms with van der Waals surface area (Å²) in [5, 5.41) is 28.9. The Kier molecular flexibility index (Phi) is 10.3. The SMILES string of the molecule is CC#CC[C@H](C)[C@H](O)C=C[C@@H]1[C@@H](CC(=O)CCCCC(=O)O)[C@H](F)C[C@H]1O. The van der Waals surface area contributed by atoms with Crippen LogP contribution < -0.4 is 0 Å². The number of unbranched alkanes of at least 4 members (excludes halogenated alkanes) is 1. The molecule has 27 heavy (non-hydrogen) atoms. The monoisotopic (exact) mass is 382 g/mol. The number of aliphatic hydroxyl groups excluding tert-OH is 2. The predicted octanol–water partition coefficient (Wildman–Crippen LogP) is 2.89. The number of ketones is 1. The molecule has 0 spiro atoms. The first-order valence-corrected chi connectivity index (χ1v) is 9.57. The Labute approximate surface area is 160 Å². The number of Topliss-reactive ketones (excluding diaryl/α,β-unsaturated/α-hetero) is 1. The van der Waals surface area contributed by atoms with Gasteiger partial charge in [0.1, 0.15) is 12.0 Å². The summed E-state index contributed by atoms with van der Waals surface area (Å²) >= 11 is 0. The minimum Gasteiger partial charge on any atom is -0.481 e. The van der Waals surface area contributed by atoms with Gasteiger partial charge < -0.3 is 15.3 Å². The van der Waals surface area contributed by atoms with Crippen molar-refractivity contribution in [1.82, 2.24) is 0 Å². The number of carbonyl (C=O) groups is 2. The summed E-state index contributed by atoms with van der Waals surface area (Å²) in [7, 11) is 0. The third-order valence-electron chi connectivity index (χ3n) is 5.14. The molecule has 6 atom stereocenters. The number of aliphatic carboxylic acids is 1. The van der Waals surface area contributed by atoms with Crippen LogP contribution in [0, 0.1) is 29.6 Å². The first-order chi connectivity index (χ1) is 12.8. The summed E-state index contributed by atoms with van der Waals surface area (Å²) in [6.45, 7) is 3.59. The number of carbonyl (C=O) groups excluding carboxylic acids is 1. The number of carboxylic acid groups (broad SMARTS) is 1. The number of aliphatic hydroxyl groups is 2. The third kappa shape index (κ3) is 8.23. The number of halogens is 1. The molecule has 1 aliphatic rings. The van der Waals surface area contributed by atoms with Crippen molar-refractivity contribution in [1.29, 1.82) is 0 Å². The Hall–Kier alpha value is -1.71. The van der Waals surface area contributed by atoms with Crippen LogP contribution in [0.4, 0.5) is 4.39 Å². The molecule has 1 rings (SSSR count). The van der Waals surface area contributed by atoms with Gasteiger partial charge in [0.2, 0.25) is 0 Å². The molecule has 5 nitrogen and oxygen atoms in total. The second-order valence-corrected chi connectivity index (χ2v) is 7.39. The maximum absolute atomic E-state index is 14.3. The Morgan fingerprint density at radius 1 is 1.30 bits per heavy atom. The van der Waals surface area contributed by atoms with Crippen molar-refractivity contribution in [2.24, 2.45) is 17.8 Å². The molecule has 0 aromatic heterocycles. The summed E-state index contributed by atoms with van der Waals surface area (Å²) in [6.07, 6.45) is 1.98. The van der Waals surface area contributed by atoms with E-state index in [1.807, 2.05) is 6.92 Å². The van der Waals surface area contributed by atoms with E-state index in [4.69, 9.17) is 5.11 Å². The van der Waals surface area contributed by atoms with Crippen molar-refractivity contribution in [2.75, 3.05) is 0 Å². The fourth-order valence-corrected chi connectivity index (χ4v) is 3.40. The molecule has 1 saturated carbocycles. The van der Waals surface area contributed by atoms with Gasteiger partial charge in [-0.3, -0.25) is 9.59 Å². The Bertz CT molecular complexity index is 577. The van der Waals surface area contributed by atoms with Crippen LogP contribution in [0.2, 0.25) is 0 Å². The Morgan fingerprint density at radius 2 is 1.96 bits per heavy atom. The number of alkyl halides is 1. The van der Waals surface area contributed by atoms with Gasteiger partial charge in [0.05, 0.1) is 12.2 Å². The quantitative estimate of drug-likeness (QED) is 0.290. The van der Waals surface area contributed by atoms with Gasteiger partial charge in [0.15, 0.2) is 0 Å². The molecule has 6 heteroatoms. The van der Waals surface area contributed by atoms with E-state index in [0.29, 0.717) is 19.3 Å². The van der Waals surface area contributed by atoms with Crippen LogP contribution in [0.1, 0.15) is 58.8 Å². The largest absolute Gasteiger partial charge is 0.481 e. The summed E-state index contributed by atoms with van der Waals surface area (Å²) in [5.74, 6) is 3.46. The van der Waals surface area contributed by atoms with Crippen LogP contribution in [0.15, 0.2) is 12.2 Å². The first kappa shape index (κ1) is 23.3. The lowest BCUT2D eigenvalue weighted by molar-refractivity contribution is -0.137. The number of carboxylic acids is 1. The van der Waals surface area contributed by atoms with Gasteiger partial charge in [-0.1, -0.05) is 19.1 Å². The van der Waals surface area contributed by atoms with E-state index in [-0.39, 0.29) is 37.4 Å². The Balaban J connectivity index is 2.60. The maximum Gasteiger partial charge on any atom is 0.303 e. The van der Waals surface area contributed by atoms with Crippen LogP contribution in [-0.2, 0) is 9.59 Å². The highest BCUT2D eigenvalue weighted by Gasteiger charge is 2.42. The van der Waals surface area contributed by atoms with Crippen LogP contribution in [0.25, 0.3) is 0 Å². The van der Waals surface area contributed by atoms with Crippen molar-refractivity contribution in [2.45, 2.75) is 77.2 Å². The summed E-state index contributed by atoms with van der Waals surface area (Å²) in [5.41, 5.74) is 0. The fraction of sp³-hybridized carbons (Fsp3) is 0.714. The lowest BCUT2D eigenvalue weighted by atomic mass is 9.87. The van der Waals surface area contributed by atoms with Crippen molar-refractivity contribution in [3.8, 4) is 11.8 Å². The molecule has 1 fully saturated rings. The second-order valence-electron chi connectivity index (χ2n) is 7.39. The highest BCUT2D eigenvalue weighted by atomic mass is 19.1. The average Bonchev–Trinajstić information content (AvgIpc) is 2.87. The molecule has 1 aliphatic carbocycles. The van der Waals surface area contributed by atoms with Gasteiger partial charge >= 0.3 is 5.97 Å².